The minimum Gasteiger partial charge on any atom is -0.325 e. The smallest absolute Gasteiger partial charge is 0.243 e. The van der Waals surface area contributed by atoms with Gasteiger partial charge in [0.05, 0.1) is 11.4 Å². The monoisotopic (exact) mass is 447 g/mol. The van der Waals surface area contributed by atoms with Crippen LogP contribution in [0.15, 0.2) is 53.4 Å². The zero-order valence-corrected chi connectivity index (χ0v) is 18.8. The average Bonchev–Trinajstić information content (AvgIpc) is 2.75. The van der Waals surface area contributed by atoms with Gasteiger partial charge in [-0.15, -0.1) is 0 Å². The Balaban J connectivity index is 1.63. The standard InChI is InChI=1S/C23H30FN3O3S/c1-17(2)23(18-9-11-19(24)12-10-18)25-16-22(28)26-20-7-6-8-21(15-20)31(29,30)27-13-4-3-5-14-27/h6-12,15,17,23,25H,3-5,13-14,16H2,1-2H3,(H,26,28)/t23-/m1/s1. The van der Waals surface area contributed by atoms with Gasteiger partial charge in [0.15, 0.2) is 0 Å². The van der Waals surface area contributed by atoms with Crippen LogP contribution >= 0.6 is 0 Å². The van der Waals surface area contributed by atoms with Crippen LogP contribution in [0.4, 0.5) is 10.1 Å². The van der Waals surface area contributed by atoms with Gasteiger partial charge in [0.2, 0.25) is 15.9 Å². The summed E-state index contributed by atoms with van der Waals surface area (Å²) < 4.78 is 40.5. The van der Waals surface area contributed by atoms with Crippen molar-refractivity contribution in [3.05, 3.63) is 59.9 Å². The molecule has 8 heteroatoms. The van der Waals surface area contributed by atoms with Crippen molar-refractivity contribution < 1.29 is 17.6 Å². The molecule has 1 heterocycles. The highest BCUT2D eigenvalue weighted by Crippen LogP contribution is 2.24. The van der Waals surface area contributed by atoms with E-state index in [-0.39, 0.29) is 35.1 Å². The number of amides is 1. The maximum atomic E-state index is 13.2. The van der Waals surface area contributed by atoms with Crippen LogP contribution < -0.4 is 10.6 Å². The summed E-state index contributed by atoms with van der Waals surface area (Å²) in [6.07, 6.45) is 2.78. The topological polar surface area (TPSA) is 78.5 Å². The first-order chi connectivity index (χ1) is 14.8. The van der Waals surface area contributed by atoms with Crippen LogP contribution in [0.1, 0.15) is 44.7 Å². The Kier molecular flexibility index (Phi) is 7.80. The fourth-order valence-corrected chi connectivity index (χ4v) is 5.37. The minimum absolute atomic E-state index is 0.0450. The van der Waals surface area contributed by atoms with Crippen molar-refractivity contribution in [1.82, 2.24) is 9.62 Å². The Morgan fingerprint density at radius 3 is 2.39 bits per heavy atom. The van der Waals surface area contributed by atoms with Crippen molar-refractivity contribution in [3.63, 3.8) is 0 Å². The Hall–Kier alpha value is -2.29. The van der Waals surface area contributed by atoms with E-state index in [4.69, 9.17) is 0 Å². The number of halogens is 1. The third-order valence-corrected chi connectivity index (χ3v) is 7.34. The summed E-state index contributed by atoms with van der Waals surface area (Å²) in [4.78, 5) is 12.7. The van der Waals surface area contributed by atoms with E-state index in [1.165, 1.54) is 22.5 Å². The third-order valence-electron chi connectivity index (χ3n) is 5.45. The lowest BCUT2D eigenvalue weighted by atomic mass is 9.96. The quantitative estimate of drug-likeness (QED) is 0.643. The van der Waals surface area contributed by atoms with Crippen LogP contribution in [-0.4, -0.2) is 38.3 Å². The van der Waals surface area contributed by atoms with E-state index >= 15 is 0 Å². The Morgan fingerprint density at radius 1 is 1.06 bits per heavy atom. The number of carbonyl (C=O) groups excluding carboxylic acids is 1. The number of sulfonamides is 1. The highest BCUT2D eigenvalue weighted by molar-refractivity contribution is 7.89. The number of hydrogen-bond acceptors (Lipinski definition) is 4. The summed E-state index contributed by atoms with van der Waals surface area (Å²) >= 11 is 0. The van der Waals surface area contributed by atoms with E-state index in [0.29, 0.717) is 18.8 Å². The van der Waals surface area contributed by atoms with Gasteiger partial charge in [0.1, 0.15) is 5.82 Å². The highest BCUT2D eigenvalue weighted by atomic mass is 32.2. The molecule has 2 aromatic carbocycles. The van der Waals surface area contributed by atoms with Crippen molar-refractivity contribution in [1.29, 1.82) is 0 Å². The molecule has 1 aliphatic heterocycles. The molecule has 1 fully saturated rings. The van der Waals surface area contributed by atoms with E-state index < -0.39 is 10.0 Å². The lowest BCUT2D eigenvalue weighted by Crippen LogP contribution is -2.35. The van der Waals surface area contributed by atoms with E-state index in [2.05, 4.69) is 10.6 Å². The van der Waals surface area contributed by atoms with Gasteiger partial charge in [0, 0.05) is 24.8 Å². The van der Waals surface area contributed by atoms with Gasteiger partial charge >= 0.3 is 0 Å². The zero-order valence-electron chi connectivity index (χ0n) is 18.0. The summed E-state index contributed by atoms with van der Waals surface area (Å²) in [5, 5.41) is 5.98. The van der Waals surface area contributed by atoms with E-state index in [1.54, 1.807) is 30.3 Å². The van der Waals surface area contributed by atoms with E-state index in [1.807, 2.05) is 13.8 Å². The molecule has 1 atom stereocenters. The van der Waals surface area contributed by atoms with Gasteiger partial charge in [-0.2, -0.15) is 4.31 Å². The molecule has 2 aromatic rings. The van der Waals surface area contributed by atoms with Crippen molar-refractivity contribution in [3.8, 4) is 0 Å². The van der Waals surface area contributed by atoms with Gasteiger partial charge in [-0.25, -0.2) is 12.8 Å². The second-order valence-electron chi connectivity index (χ2n) is 8.19. The molecule has 0 spiro atoms. The molecule has 1 saturated heterocycles. The first-order valence-corrected chi connectivity index (χ1v) is 12.1. The lowest BCUT2D eigenvalue weighted by molar-refractivity contribution is -0.115. The summed E-state index contributed by atoms with van der Waals surface area (Å²) in [6, 6.07) is 12.5. The van der Waals surface area contributed by atoms with Crippen LogP contribution in [0, 0.1) is 11.7 Å². The van der Waals surface area contributed by atoms with Crippen molar-refractivity contribution in [2.24, 2.45) is 5.92 Å². The Morgan fingerprint density at radius 2 is 1.74 bits per heavy atom. The third kappa shape index (κ3) is 6.12. The molecule has 0 unspecified atom stereocenters. The molecule has 168 valence electrons. The van der Waals surface area contributed by atoms with E-state index in [9.17, 15) is 17.6 Å². The predicted octanol–water partition coefficient (Wildman–Crippen LogP) is 3.93. The normalized spacial score (nSPS) is 16.3. The molecule has 6 nitrogen and oxygen atoms in total. The van der Waals surface area contributed by atoms with Crippen LogP contribution in [0.25, 0.3) is 0 Å². The fraction of sp³-hybridized carbons (Fsp3) is 0.435. The molecule has 3 rings (SSSR count). The second-order valence-corrected chi connectivity index (χ2v) is 10.1. The molecule has 31 heavy (non-hydrogen) atoms. The summed E-state index contributed by atoms with van der Waals surface area (Å²) in [5.74, 6) is -0.389. The summed E-state index contributed by atoms with van der Waals surface area (Å²) in [7, 11) is -3.56. The van der Waals surface area contributed by atoms with Crippen LogP contribution in [0.2, 0.25) is 0 Å². The first-order valence-electron chi connectivity index (χ1n) is 10.7. The molecule has 0 saturated carbocycles. The summed E-state index contributed by atoms with van der Waals surface area (Å²) in [5.41, 5.74) is 1.34. The summed E-state index contributed by atoms with van der Waals surface area (Å²) in [6.45, 7) is 5.15. The van der Waals surface area contributed by atoms with Crippen LogP contribution in [-0.2, 0) is 14.8 Å². The fourth-order valence-electron chi connectivity index (χ4n) is 3.81. The van der Waals surface area contributed by atoms with Gasteiger partial charge in [-0.05, 0) is 54.7 Å². The maximum absolute atomic E-state index is 13.2. The molecular formula is C23H30FN3O3S. The Bertz CT molecular complexity index is 987. The van der Waals surface area contributed by atoms with Crippen molar-refractivity contribution >= 4 is 21.6 Å². The molecule has 1 aliphatic rings. The molecule has 0 radical (unpaired) electrons. The number of rotatable bonds is 8. The van der Waals surface area contributed by atoms with Crippen molar-refractivity contribution in [2.75, 3.05) is 25.0 Å². The number of nitrogens with zero attached hydrogens (tertiary/aromatic N) is 1. The highest BCUT2D eigenvalue weighted by Gasteiger charge is 2.26. The Labute approximate surface area is 183 Å². The molecular weight excluding hydrogens is 417 g/mol. The van der Waals surface area contributed by atoms with Gasteiger partial charge in [-0.3, -0.25) is 4.79 Å². The number of carbonyl (C=O) groups is 1. The molecule has 2 N–H and O–H groups in total. The predicted molar refractivity (Wildman–Crippen MR) is 120 cm³/mol. The molecule has 0 aromatic heterocycles. The zero-order chi connectivity index (χ0) is 22.4. The van der Waals surface area contributed by atoms with Gasteiger partial charge in [0.25, 0.3) is 0 Å². The van der Waals surface area contributed by atoms with Crippen LogP contribution in [0.3, 0.4) is 0 Å². The average molecular weight is 448 g/mol. The van der Waals surface area contributed by atoms with Gasteiger partial charge < -0.3 is 10.6 Å². The number of anilines is 1. The number of hydrogen-bond donors (Lipinski definition) is 2. The largest absolute Gasteiger partial charge is 0.325 e. The lowest BCUT2D eigenvalue weighted by Gasteiger charge is -2.26. The number of benzene rings is 2. The molecule has 1 amide bonds. The number of piperidine rings is 1. The van der Waals surface area contributed by atoms with Crippen LogP contribution in [0.5, 0.6) is 0 Å². The maximum Gasteiger partial charge on any atom is 0.243 e. The molecule has 0 aliphatic carbocycles. The first kappa shape index (κ1) is 23.4. The van der Waals surface area contributed by atoms with E-state index in [0.717, 1.165) is 24.8 Å². The molecule has 0 bridgehead atoms. The SMILES string of the molecule is CC(C)[C@@H](NCC(=O)Nc1cccc(S(=O)(=O)N2CCCCC2)c1)c1ccc(F)cc1. The van der Waals surface area contributed by atoms with Crippen molar-refractivity contribution in [2.45, 2.75) is 44.0 Å². The van der Waals surface area contributed by atoms with Gasteiger partial charge in [-0.1, -0.05) is 38.5 Å². The second kappa shape index (κ2) is 10.3. The minimum atomic E-state index is -3.56. The number of nitrogens with one attached hydrogen (secondary N) is 2.